The molecule has 21 heavy (non-hydrogen) atoms. The molecular weight excluding hydrogens is 260 g/mol. The number of rotatable bonds is 3. The third-order valence-electron chi connectivity index (χ3n) is 4.14. The molecule has 1 aliphatic heterocycles. The van der Waals surface area contributed by atoms with Gasteiger partial charge >= 0.3 is 0 Å². The average molecular weight is 286 g/mol. The highest BCUT2D eigenvalue weighted by Crippen LogP contribution is 2.24. The maximum Gasteiger partial charge on any atom is 0.204 e. The van der Waals surface area contributed by atoms with Crippen molar-refractivity contribution in [1.82, 2.24) is 15.3 Å². The molecule has 0 saturated carbocycles. The average Bonchev–Trinajstić information content (AvgIpc) is 2.88. The summed E-state index contributed by atoms with van der Waals surface area (Å²) in [4.78, 5) is 10.7. The number of imidazole rings is 1. The summed E-state index contributed by atoms with van der Waals surface area (Å²) < 4.78 is 0. The van der Waals surface area contributed by atoms with Crippen LogP contribution in [0.25, 0.3) is 11.0 Å². The summed E-state index contributed by atoms with van der Waals surface area (Å²) in [6.45, 7) is 8.78. The largest absolute Gasteiger partial charge is 0.338 e. The van der Waals surface area contributed by atoms with Gasteiger partial charge in [0.15, 0.2) is 0 Å². The lowest BCUT2D eigenvalue weighted by Crippen LogP contribution is -2.50. The van der Waals surface area contributed by atoms with Crippen LogP contribution in [0.2, 0.25) is 0 Å². The number of nitrogens with one attached hydrogen (secondary N) is 2. The van der Waals surface area contributed by atoms with Crippen molar-refractivity contribution in [2.45, 2.75) is 51.6 Å². The first-order valence-corrected chi connectivity index (χ1v) is 7.99. The molecule has 1 saturated heterocycles. The van der Waals surface area contributed by atoms with Gasteiger partial charge in [0, 0.05) is 24.7 Å². The van der Waals surface area contributed by atoms with E-state index in [1.165, 1.54) is 19.3 Å². The fourth-order valence-corrected chi connectivity index (χ4v) is 2.99. The molecule has 0 radical (unpaired) electrons. The Kier molecular flexibility index (Phi) is 3.89. The van der Waals surface area contributed by atoms with E-state index in [2.05, 4.69) is 54.2 Å². The van der Waals surface area contributed by atoms with Crippen molar-refractivity contribution in [2.75, 3.05) is 18.0 Å². The zero-order valence-corrected chi connectivity index (χ0v) is 13.3. The lowest BCUT2D eigenvalue weighted by atomic mass is 10.0. The summed E-state index contributed by atoms with van der Waals surface area (Å²) >= 11 is 0. The molecule has 4 heteroatoms. The van der Waals surface area contributed by atoms with Crippen LogP contribution in [0.4, 0.5) is 5.95 Å². The first kappa shape index (κ1) is 14.4. The number of nitrogens with zero attached hydrogens (tertiary/aromatic N) is 2. The number of hydrogen-bond acceptors (Lipinski definition) is 3. The molecule has 1 unspecified atom stereocenters. The zero-order valence-electron chi connectivity index (χ0n) is 13.3. The maximum absolute atomic E-state index is 4.77. The third kappa shape index (κ3) is 3.38. The zero-order chi connectivity index (χ0) is 14.9. The Hall–Kier alpha value is -1.55. The second-order valence-electron chi connectivity index (χ2n) is 7.05. The lowest BCUT2D eigenvalue weighted by Gasteiger charge is -2.37. The van der Waals surface area contributed by atoms with Crippen LogP contribution in [-0.4, -0.2) is 34.6 Å². The number of aromatic nitrogens is 2. The van der Waals surface area contributed by atoms with Gasteiger partial charge in [0.05, 0.1) is 11.0 Å². The van der Waals surface area contributed by atoms with Crippen molar-refractivity contribution < 1.29 is 0 Å². The predicted molar refractivity (Wildman–Crippen MR) is 88.8 cm³/mol. The topological polar surface area (TPSA) is 44.0 Å². The molecule has 114 valence electrons. The molecule has 1 aromatic heterocycles. The smallest absolute Gasteiger partial charge is 0.204 e. The minimum Gasteiger partial charge on any atom is -0.338 e. The van der Waals surface area contributed by atoms with Crippen molar-refractivity contribution in [1.29, 1.82) is 0 Å². The fourth-order valence-electron chi connectivity index (χ4n) is 2.99. The molecule has 2 N–H and O–H groups in total. The van der Waals surface area contributed by atoms with Crippen molar-refractivity contribution in [3.05, 3.63) is 24.3 Å². The molecule has 3 rings (SSSR count). The molecule has 0 aliphatic carbocycles. The molecule has 2 heterocycles. The monoisotopic (exact) mass is 286 g/mol. The number of para-hydroxylation sites is 2. The van der Waals surface area contributed by atoms with Crippen molar-refractivity contribution >= 4 is 17.0 Å². The Morgan fingerprint density at radius 2 is 2.10 bits per heavy atom. The Labute approximate surface area is 126 Å². The third-order valence-corrected chi connectivity index (χ3v) is 4.14. The van der Waals surface area contributed by atoms with Crippen LogP contribution in [0.1, 0.15) is 40.0 Å². The molecular formula is C17H26N4. The molecule has 0 bridgehead atoms. The predicted octanol–water partition coefficient (Wildman–Crippen LogP) is 3.31. The highest BCUT2D eigenvalue weighted by Gasteiger charge is 2.26. The number of piperidine rings is 1. The molecule has 1 atom stereocenters. The van der Waals surface area contributed by atoms with Crippen LogP contribution in [-0.2, 0) is 0 Å². The van der Waals surface area contributed by atoms with E-state index in [9.17, 15) is 0 Å². The minimum atomic E-state index is 0.164. The van der Waals surface area contributed by atoms with E-state index in [-0.39, 0.29) is 5.54 Å². The van der Waals surface area contributed by atoms with Gasteiger partial charge in [-0.25, -0.2) is 4.98 Å². The molecule has 0 amide bonds. The number of anilines is 1. The summed E-state index contributed by atoms with van der Waals surface area (Å²) in [5.74, 6) is 1.02. The van der Waals surface area contributed by atoms with Gasteiger partial charge in [0.1, 0.15) is 0 Å². The Morgan fingerprint density at radius 1 is 1.29 bits per heavy atom. The van der Waals surface area contributed by atoms with E-state index in [4.69, 9.17) is 4.98 Å². The molecule has 1 aliphatic rings. The highest BCUT2D eigenvalue weighted by molar-refractivity contribution is 5.77. The van der Waals surface area contributed by atoms with Crippen LogP contribution in [0.3, 0.4) is 0 Å². The molecule has 4 nitrogen and oxygen atoms in total. The van der Waals surface area contributed by atoms with E-state index < -0.39 is 0 Å². The number of benzene rings is 1. The lowest BCUT2D eigenvalue weighted by molar-refractivity contribution is 0.364. The first-order chi connectivity index (χ1) is 10.0. The van der Waals surface area contributed by atoms with E-state index in [1.54, 1.807) is 0 Å². The summed E-state index contributed by atoms with van der Waals surface area (Å²) in [7, 11) is 0. The van der Waals surface area contributed by atoms with E-state index in [0.29, 0.717) is 6.04 Å². The number of fused-ring (bicyclic) bond motifs is 1. The quantitative estimate of drug-likeness (QED) is 0.910. The van der Waals surface area contributed by atoms with E-state index in [1.807, 2.05) is 6.07 Å². The van der Waals surface area contributed by atoms with E-state index in [0.717, 1.165) is 30.1 Å². The maximum atomic E-state index is 4.77. The summed E-state index contributed by atoms with van der Waals surface area (Å²) in [6, 6.07) is 8.79. The summed E-state index contributed by atoms with van der Waals surface area (Å²) in [5, 5.41) is 3.64. The fraction of sp³-hybridized carbons (Fsp3) is 0.588. The summed E-state index contributed by atoms with van der Waals surface area (Å²) in [5.41, 5.74) is 2.35. The molecule has 2 aromatic rings. The number of aromatic amines is 1. The van der Waals surface area contributed by atoms with Crippen LogP contribution in [0.5, 0.6) is 0 Å². The van der Waals surface area contributed by atoms with Gasteiger partial charge in [0.25, 0.3) is 0 Å². The van der Waals surface area contributed by atoms with Crippen molar-refractivity contribution in [3.63, 3.8) is 0 Å². The Bertz CT molecular complexity index is 563. The van der Waals surface area contributed by atoms with Crippen molar-refractivity contribution in [3.8, 4) is 0 Å². The Morgan fingerprint density at radius 3 is 2.86 bits per heavy atom. The van der Waals surface area contributed by atoms with Gasteiger partial charge in [0.2, 0.25) is 5.95 Å². The van der Waals surface area contributed by atoms with Gasteiger partial charge in [-0.3, -0.25) is 0 Å². The van der Waals surface area contributed by atoms with Crippen LogP contribution in [0.15, 0.2) is 24.3 Å². The molecule has 0 spiro atoms. The minimum absolute atomic E-state index is 0.164. The Balaban J connectivity index is 1.80. The molecule has 1 fully saturated rings. The SMILES string of the molecule is CC(C)(C)NCC1CCCCN1c1nc2ccccc2[nH]1. The van der Waals surface area contributed by atoms with Crippen LogP contribution in [0, 0.1) is 0 Å². The second kappa shape index (κ2) is 5.68. The normalized spacial score (nSPS) is 20.1. The van der Waals surface area contributed by atoms with Crippen molar-refractivity contribution in [2.24, 2.45) is 0 Å². The first-order valence-electron chi connectivity index (χ1n) is 7.99. The van der Waals surface area contributed by atoms with Crippen LogP contribution >= 0.6 is 0 Å². The van der Waals surface area contributed by atoms with Crippen LogP contribution < -0.4 is 10.2 Å². The van der Waals surface area contributed by atoms with E-state index >= 15 is 0 Å². The summed E-state index contributed by atoms with van der Waals surface area (Å²) in [6.07, 6.45) is 3.80. The number of H-pyrrole nitrogens is 1. The van der Waals surface area contributed by atoms with Gasteiger partial charge in [-0.2, -0.15) is 0 Å². The standard InChI is InChI=1S/C17H26N4/c1-17(2,3)18-12-13-8-6-7-11-21(13)16-19-14-9-4-5-10-15(14)20-16/h4-5,9-10,13,18H,6-8,11-12H2,1-3H3,(H,19,20). The molecule has 1 aromatic carbocycles. The number of hydrogen-bond donors (Lipinski definition) is 2. The van der Waals surface area contributed by atoms with Gasteiger partial charge in [-0.05, 0) is 52.2 Å². The van der Waals surface area contributed by atoms with Gasteiger partial charge in [-0.1, -0.05) is 12.1 Å². The van der Waals surface area contributed by atoms with Gasteiger partial charge in [-0.15, -0.1) is 0 Å². The van der Waals surface area contributed by atoms with Gasteiger partial charge < -0.3 is 15.2 Å². The highest BCUT2D eigenvalue weighted by atomic mass is 15.3. The second-order valence-corrected chi connectivity index (χ2v) is 7.05.